The van der Waals surface area contributed by atoms with Crippen LogP contribution in [0.5, 0.6) is 5.75 Å². The van der Waals surface area contributed by atoms with Gasteiger partial charge in [0.15, 0.2) is 0 Å². The summed E-state index contributed by atoms with van der Waals surface area (Å²) in [7, 11) is 2.21. The maximum atomic E-state index is 5.98. The Morgan fingerprint density at radius 1 is 1.42 bits per heavy atom. The summed E-state index contributed by atoms with van der Waals surface area (Å²) >= 11 is 0. The maximum absolute atomic E-state index is 5.98. The van der Waals surface area contributed by atoms with E-state index in [2.05, 4.69) is 30.1 Å². The molecule has 0 amide bonds. The van der Waals surface area contributed by atoms with E-state index in [4.69, 9.17) is 10.5 Å². The fourth-order valence-corrected chi connectivity index (χ4v) is 2.53. The molecule has 2 rings (SSSR count). The third-order valence-corrected chi connectivity index (χ3v) is 4.03. The number of nitrogens with two attached hydrogens (primary N) is 1. The Morgan fingerprint density at radius 3 is 2.68 bits per heavy atom. The highest BCUT2D eigenvalue weighted by Gasteiger charge is 2.22. The second-order valence-corrected chi connectivity index (χ2v) is 5.59. The highest BCUT2D eigenvalue weighted by molar-refractivity contribution is 5.38. The van der Waals surface area contributed by atoms with Crippen LogP contribution < -0.4 is 10.5 Å². The van der Waals surface area contributed by atoms with Gasteiger partial charge in [0.25, 0.3) is 0 Å². The highest BCUT2D eigenvalue weighted by Crippen LogP contribution is 2.28. The predicted octanol–water partition coefficient (Wildman–Crippen LogP) is 3.09. The van der Waals surface area contributed by atoms with Crippen LogP contribution >= 0.6 is 0 Å². The van der Waals surface area contributed by atoms with Crippen LogP contribution in [0.4, 0.5) is 0 Å². The largest absolute Gasteiger partial charge is 0.494 e. The Kier molecular flexibility index (Phi) is 4.83. The van der Waals surface area contributed by atoms with E-state index in [0.717, 1.165) is 18.3 Å². The van der Waals surface area contributed by atoms with Crippen LogP contribution in [-0.2, 0) is 6.54 Å². The average molecular weight is 262 g/mol. The van der Waals surface area contributed by atoms with Crippen molar-refractivity contribution >= 4 is 0 Å². The van der Waals surface area contributed by atoms with Crippen molar-refractivity contribution in [3.8, 4) is 5.75 Å². The van der Waals surface area contributed by atoms with E-state index in [9.17, 15) is 0 Å². The van der Waals surface area contributed by atoms with E-state index in [-0.39, 0.29) is 6.04 Å². The molecule has 1 aromatic rings. The average Bonchev–Trinajstić information content (AvgIpc) is 2.29. The van der Waals surface area contributed by atoms with Gasteiger partial charge in [-0.2, -0.15) is 0 Å². The summed E-state index contributed by atoms with van der Waals surface area (Å²) in [5.74, 6) is 0.998. The first kappa shape index (κ1) is 14.4. The Bertz CT molecular complexity index is 413. The van der Waals surface area contributed by atoms with Gasteiger partial charge in [0.05, 0.1) is 6.61 Å². The monoisotopic (exact) mass is 262 g/mol. The third kappa shape index (κ3) is 3.48. The molecular weight excluding hydrogens is 236 g/mol. The molecule has 1 aliphatic rings. The van der Waals surface area contributed by atoms with Crippen molar-refractivity contribution in [2.24, 2.45) is 5.73 Å². The molecule has 0 spiro atoms. The number of hydrogen-bond acceptors (Lipinski definition) is 3. The smallest absolute Gasteiger partial charge is 0.123 e. The lowest BCUT2D eigenvalue weighted by Crippen LogP contribution is -2.36. The fourth-order valence-electron chi connectivity index (χ4n) is 2.53. The van der Waals surface area contributed by atoms with Gasteiger partial charge in [0, 0.05) is 24.2 Å². The molecule has 3 heteroatoms. The molecule has 1 saturated carbocycles. The van der Waals surface area contributed by atoms with Crippen molar-refractivity contribution < 1.29 is 4.74 Å². The van der Waals surface area contributed by atoms with Crippen LogP contribution in [0, 0.1) is 0 Å². The van der Waals surface area contributed by atoms with Crippen molar-refractivity contribution in [2.75, 3.05) is 13.7 Å². The van der Waals surface area contributed by atoms with Crippen molar-refractivity contribution in [3.63, 3.8) is 0 Å². The molecule has 1 fully saturated rings. The topological polar surface area (TPSA) is 38.5 Å². The Hall–Kier alpha value is -1.06. The molecule has 0 aliphatic heterocycles. The summed E-state index contributed by atoms with van der Waals surface area (Å²) in [6, 6.07) is 7.15. The van der Waals surface area contributed by atoms with Gasteiger partial charge in [-0.25, -0.2) is 0 Å². The number of benzene rings is 1. The standard InChI is InChI=1S/C16H26N2O/c1-4-19-16-9-8-13(12(2)17)10-14(16)11-18(3)15-6-5-7-15/h8-10,12,15H,4-7,11,17H2,1-3H3. The summed E-state index contributed by atoms with van der Waals surface area (Å²) in [4.78, 5) is 2.44. The number of rotatable bonds is 6. The fraction of sp³-hybridized carbons (Fsp3) is 0.625. The SMILES string of the molecule is CCOc1ccc(C(C)N)cc1CN(C)C1CCC1. The van der Waals surface area contributed by atoms with Crippen LogP contribution in [0.25, 0.3) is 0 Å². The van der Waals surface area contributed by atoms with Gasteiger partial charge in [0.1, 0.15) is 5.75 Å². The molecule has 2 N–H and O–H groups in total. The van der Waals surface area contributed by atoms with Gasteiger partial charge < -0.3 is 10.5 Å². The van der Waals surface area contributed by atoms with Crippen LogP contribution in [0.1, 0.15) is 50.3 Å². The summed E-state index contributed by atoms with van der Waals surface area (Å²) in [5.41, 5.74) is 8.42. The molecule has 1 aliphatic carbocycles. The molecule has 1 atom stereocenters. The van der Waals surface area contributed by atoms with Crippen molar-refractivity contribution in [1.29, 1.82) is 0 Å². The molecule has 3 nitrogen and oxygen atoms in total. The van der Waals surface area contributed by atoms with E-state index in [1.807, 2.05) is 13.8 Å². The molecule has 0 bridgehead atoms. The van der Waals surface area contributed by atoms with E-state index in [1.165, 1.54) is 30.4 Å². The lowest BCUT2D eigenvalue weighted by molar-refractivity contribution is 0.151. The molecule has 106 valence electrons. The zero-order chi connectivity index (χ0) is 13.8. The summed E-state index contributed by atoms with van der Waals surface area (Å²) in [6.07, 6.45) is 4.02. The third-order valence-electron chi connectivity index (χ3n) is 4.03. The zero-order valence-electron chi connectivity index (χ0n) is 12.4. The number of ether oxygens (including phenoxy) is 1. The normalized spacial score (nSPS) is 17.3. The molecule has 1 aromatic carbocycles. The van der Waals surface area contributed by atoms with Gasteiger partial charge >= 0.3 is 0 Å². The molecule has 1 unspecified atom stereocenters. The summed E-state index contributed by atoms with van der Waals surface area (Å²) in [5, 5.41) is 0. The van der Waals surface area contributed by atoms with E-state index >= 15 is 0 Å². The molecule has 19 heavy (non-hydrogen) atoms. The Labute approximate surface area is 116 Å². The second kappa shape index (κ2) is 6.40. The lowest BCUT2D eigenvalue weighted by atomic mass is 9.91. The predicted molar refractivity (Wildman–Crippen MR) is 79.3 cm³/mol. The molecule has 0 aromatic heterocycles. The Morgan fingerprint density at radius 2 is 2.16 bits per heavy atom. The van der Waals surface area contributed by atoms with Crippen LogP contribution in [-0.4, -0.2) is 24.6 Å². The molecular formula is C16H26N2O. The van der Waals surface area contributed by atoms with Crippen molar-refractivity contribution in [1.82, 2.24) is 4.90 Å². The van der Waals surface area contributed by atoms with Gasteiger partial charge in [-0.05, 0) is 51.4 Å². The van der Waals surface area contributed by atoms with E-state index < -0.39 is 0 Å². The number of nitrogens with zero attached hydrogens (tertiary/aromatic N) is 1. The maximum Gasteiger partial charge on any atom is 0.123 e. The van der Waals surface area contributed by atoms with Crippen molar-refractivity contribution in [3.05, 3.63) is 29.3 Å². The molecule has 0 heterocycles. The molecule has 0 radical (unpaired) electrons. The van der Waals surface area contributed by atoms with Gasteiger partial charge in [0.2, 0.25) is 0 Å². The minimum absolute atomic E-state index is 0.0726. The second-order valence-electron chi connectivity index (χ2n) is 5.59. The Balaban J connectivity index is 2.15. The van der Waals surface area contributed by atoms with Crippen LogP contribution in [0.2, 0.25) is 0 Å². The first-order chi connectivity index (χ1) is 9.11. The number of hydrogen-bond donors (Lipinski definition) is 1. The summed E-state index contributed by atoms with van der Waals surface area (Å²) in [6.45, 7) is 5.70. The zero-order valence-corrected chi connectivity index (χ0v) is 12.4. The van der Waals surface area contributed by atoms with Crippen molar-refractivity contribution in [2.45, 2.75) is 51.7 Å². The first-order valence-electron chi connectivity index (χ1n) is 7.33. The van der Waals surface area contributed by atoms with Gasteiger partial charge in [-0.1, -0.05) is 12.5 Å². The highest BCUT2D eigenvalue weighted by atomic mass is 16.5. The first-order valence-corrected chi connectivity index (χ1v) is 7.33. The molecule has 0 saturated heterocycles. The quantitative estimate of drug-likeness (QED) is 0.856. The van der Waals surface area contributed by atoms with E-state index in [1.54, 1.807) is 0 Å². The van der Waals surface area contributed by atoms with Gasteiger partial charge in [-0.3, -0.25) is 4.90 Å². The van der Waals surface area contributed by atoms with Gasteiger partial charge in [-0.15, -0.1) is 0 Å². The lowest BCUT2D eigenvalue weighted by Gasteiger charge is -2.35. The minimum atomic E-state index is 0.0726. The van der Waals surface area contributed by atoms with Crippen LogP contribution in [0.15, 0.2) is 18.2 Å². The summed E-state index contributed by atoms with van der Waals surface area (Å²) < 4.78 is 5.74. The minimum Gasteiger partial charge on any atom is -0.494 e. The van der Waals surface area contributed by atoms with Crippen LogP contribution in [0.3, 0.4) is 0 Å². The van der Waals surface area contributed by atoms with E-state index in [0.29, 0.717) is 6.61 Å².